The van der Waals surface area contributed by atoms with Crippen LogP contribution in [0.1, 0.15) is 18.2 Å². The van der Waals surface area contributed by atoms with Gasteiger partial charge in [0.1, 0.15) is 4.21 Å². The third kappa shape index (κ3) is 3.92. The number of carbonyl (C=O) groups excluding carboxylic acids is 1. The Labute approximate surface area is 120 Å². The molecule has 1 atom stereocenters. The van der Waals surface area contributed by atoms with Gasteiger partial charge in [-0.25, -0.2) is 8.42 Å². The van der Waals surface area contributed by atoms with Crippen molar-refractivity contribution in [1.29, 1.82) is 0 Å². The molecule has 1 amide bonds. The maximum atomic E-state index is 11.9. The van der Waals surface area contributed by atoms with E-state index in [4.69, 9.17) is 15.4 Å². The Hall–Kier alpha value is -0.630. The fourth-order valence-electron chi connectivity index (χ4n) is 1.89. The highest BCUT2D eigenvalue weighted by Gasteiger charge is 2.31. The number of hydrogen-bond donors (Lipinski definition) is 1. The van der Waals surface area contributed by atoms with Crippen molar-refractivity contribution in [2.75, 3.05) is 13.2 Å². The lowest BCUT2D eigenvalue weighted by Crippen LogP contribution is -2.46. The molecule has 2 heterocycles. The topological polar surface area (TPSA) is 72.5 Å². The smallest absolute Gasteiger partial charge is 0.270 e. The lowest BCUT2D eigenvalue weighted by Gasteiger charge is -2.23. The molecule has 19 heavy (non-hydrogen) atoms. The van der Waals surface area contributed by atoms with E-state index in [-0.39, 0.29) is 22.1 Å². The summed E-state index contributed by atoms with van der Waals surface area (Å²) in [4.78, 5) is 12.6. The summed E-state index contributed by atoms with van der Waals surface area (Å²) in [6.07, 6.45) is 0.928. The van der Waals surface area contributed by atoms with E-state index in [2.05, 4.69) is 5.32 Å². The highest BCUT2D eigenvalue weighted by Crippen LogP contribution is 2.25. The second-order valence-electron chi connectivity index (χ2n) is 4.75. The molecule has 0 aromatic carbocycles. The van der Waals surface area contributed by atoms with E-state index in [0.29, 0.717) is 18.1 Å². The van der Waals surface area contributed by atoms with Gasteiger partial charge in [-0.15, -0.1) is 11.3 Å². The van der Waals surface area contributed by atoms with E-state index in [1.165, 1.54) is 6.07 Å². The molecular formula is C11H14ClNO4S2. The first-order valence-electron chi connectivity index (χ1n) is 5.71. The first-order chi connectivity index (χ1) is 8.78. The monoisotopic (exact) mass is 323 g/mol. The highest BCUT2D eigenvalue weighted by atomic mass is 35.7. The second-order valence-corrected chi connectivity index (χ2v) is 8.71. The van der Waals surface area contributed by atoms with Gasteiger partial charge < -0.3 is 10.1 Å². The summed E-state index contributed by atoms with van der Waals surface area (Å²) in [6, 6.07) is 3.02. The largest absolute Gasteiger partial charge is 0.379 e. The molecule has 1 aliphatic rings. The predicted octanol–water partition coefficient (Wildman–Crippen LogP) is 1.51. The average Bonchev–Trinajstić information content (AvgIpc) is 2.86. The average molecular weight is 324 g/mol. The van der Waals surface area contributed by atoms with Gasteiger partial charge in [0.15, 0.2) is 0 Å². The zero-order valence-corrected chi connectivity index (χ0v) is 12.7. The molecule has 8 heteroatoms. The van der Waals surface area contributed by atoms with Gasteiger partial charge in [0, 0.05) is 22.2 Å². The molecule has 5 nitrogen and oxygen atoms in total. The van der Waals surface area contributed by atoms with Gasteiger partial charge in [-0.05, 0) is 25.5 Å². The Morgan fingerprint density at radius 1 is 1.58 bits per heavy atom. The summed E-state index contributed by atoms with van der Waals surface area (Å²) >= 11 is 1.01. The molecule has 1 saturated heterocycles. The molecule has 106 valence electrons. The fraction of sp³-hybridized carbons (Fsp3) is 0.545. The standard InChI is InChI=1S/C11H14ClNO4S2/c1-11(4-5-17-7-11)13-9(14)6-8-2-3-10(18-8)19(12,15)16/h2-3H,4-7H2,1H3,(H,13,14). The van der Waals surface area contributed by atoms with Gasteiger partial charge in [-0.1, -0.05) is 0 Å². The van der Waals surface area contributed by atoms with Crippen LogP contribution in [0.5, 0.6) is 0 Å². The van der Waals surface area contributed by atoms with Crippen LogP contribution in [0.3, 0.4) is 0 Å². The Kier molecular flexibility index (Phi) is 4.20. The number of nitrogens with one attached hydrogen (secondary N) is 1. The number of rotatable bonds is 4. The normalized spacial score (nSPS) is 23.5. The van der Waals surface area contributed by atoms with Gasteiger partial charge in [-0.3, -0.25) is 4.79 Å². The van der Waals surface area contributed by atoms with Crippen molar-refractivity contribution in [3.63, 3.8) is 0 Å². The zero-order chi connectivity index (χ0) is 14.1. The van der Waals surface area contributed by atoms with Crippen molar-refractivity contribution in [3.05, 3.63) is 17.0 Å². The summed E-state index contributed by atoms with van der Waals surface area (Å²) in [5.74, 6) is -0.145. The van der Waals surface area contributed by atoms with Crippen molar-refractivity contribution in [3.8, 4) is 0 Å². The molecule has 2 rings (SSSR count). The van der Waals surface area contributed by atoms with E-state index >= 15 is 0 Å². The Morgan fingerprint density at radius 3 is 2.84 bits per heavy atom. The van der Waals surface area contributed by atoms with E-state index in [9.17, 15) is 13.2 Å². The van der Waals surface area contributed by atoms with Crippen molar-refractivity contribution >= 4 is 37.0 Å². The zero-order valence-electron chi connectivity index (χ0n) is 10.3. The molecule has 0 radical (unpaired) electrons. The van der Waals surface area contributed by atoms with Crippen LogP contribution in [0.15, 0.2) is 16.3 Å². The number of carbonyl (C=O) groups is 1. The van der Waals surface area contributed by atoms with E-state index in [1.54, 1.807) is 6.07 Å². The minimum atomic E-state index is -3.71. The molecule has 1 aliphatic heterocycles. The van der Waals surface area contributed by atoms with Crippen LogP contribution < -0.4 is 5.32 Å². The van der Waals surface area contributed by atoms with Crippen molar-refractivity contribution in [2.45, 2.75) is 29.5 Å². The quantitative estimate of drug-likeness (QED) is 0.853. The molecule has 0 aliphatic carbocycles. The van der Waals surface area contributed by atoms with Crippen LogP contribution in [0.25, 0.3) is 0 Å². The number of ether oxygens (including phenoxy) is 1. The lowest BCUT2D eigenvalue weighted by molar-refractivity contribution is -0.122. The maximum absolute atomic E-state index is 11.9. The third-order valence-electron chi connectivity index (χ3n) is 2.87. The number of hydrogen-bond acceptors (Lipinski definition) is 5. The first kappa shape index (κ1) is 14.8. The van der Waals surface area contributed by atoms with Gasteiger partial charge in [0.25, 0.3) is 9.05 Å². The van der Waals surface area contributed by atoms with Crippen molar-refractivity contribution in [2.24, 2.45) is 0 Å². The summed E-state index contributed by atoms with van der Waals surface area (Å²) in [5.41, 5.74) is -0.324. The Bertz CT molecular complexity index is 575. The van der Waals surface area contributed by atoms with Crippen molar-refractivity contribution in [1.82, 2.24) is 5.32 Å². The van der Waals surface area contributed by atoms with Crippen LogP contribution >= 0.6 is 22.0 Å². The summed E-state index contributed by atoms with van der Waals surface area (Å²) < 4.78 is 27.6. The summed E-state index contributed by atoms with van der Waals surface area (Å²) in [5, 5.41) is 2.91. The number of thiophene rings is 1. The molecule has 0 saturated carbocycles. The van der Waals surface area contributed by atoms with Gasteiger partial charge in [0.05, 0.1) is 18.6 Å². The molecule has 1 fully saturated rings. The second kappa shape index (κ2) is 5.40. The molecule has 1 aromatic rings. The maximum Gasteiger partial charge on any atom is 0.270 e. The van der Waals surface area contributed by atoms with E-state index in [1.807, 2.05) is 6.92 Å². The molecule has 0 spiro atoms. The van der Waals surface area contributed by atoms with Crippen LogP contribution in [-0.4, -0.2) is 33.1 Å². The molecule has 1 aromatic heterocycles. The van der Waals surface area contributed by atoms with Crippen LogP contribution in [0, 0.1) is 0 Å². The van der Waals surface area contributed by atoms with Crippen LogP contribution in [0.2, 0.25) is 0 Å². The van der Waals surface area contributed by atoms with Gasteiger partial charge in [-0.2, -0.15) is 0 Å². The van der Waals surface area contributed by atoms with Crippen molar-refractivity contribution < 1.29 is 17.9 Å². The van der Waals surface area contributed by atoms with Gasteiger partial charge in [0.2, 0.25) is 5.91 Å². The number of amides is 1. The minimum absolute atomic E-state index is 0.0624. The molecule has 1 unspecified atom stereocenters. The molecular weight excluding hydrogens is 310 g/mol. The first-order valence-corrected chi connectivity index (χ1v) is 8.83. The third-order valence-corrected chi connectivity index (χ3v) is 6.05. The number of halogens is 1. The summed E-state index contributed by atoms with van der Waals surface area (Å²) in [7, 11) is 1.52. The van der Waals surface area contributed by atoms with E-state index < -0.39 is 9.05 Å². The SMILES string of the molecule is CC1(NC(=O)Cc2ccc(S(=O)(=O)Cl)s2)CCOC1. The fourth-order valence-corrected chi connectivity index (χ4v) is 4.01. The van der Waals surface area contributed by atoms with E-state index in [0.717, 1.165) is 17.8 Å². The van der Waals surface area contributed by atoms with Crippen LogP contribution in [0.4, 0.5) is 0 Å². The van der Waals surface area contributed by atoms with Gasteiger partial charge >= 0.3 is 0 Å². The van der Waals surface area contributed by atoms with Crippen LogP contribution in [-0.2, 0) is 25.0 Å². The minimum Gasteiger partial charge on any atom is -0.379 e. The predicted molar refractivity (Wildman–Crippen MR) is 73.0 cm³/mol. The highest BCUT2D eigenvalue weighted by molar-refractivity contribution is 8.15. The summed E-state index contributed by atoms with van der Waals surface area (Å²) in [6.45, 7) is 3.08. The Balaban J connectivity index is 1.97. The molecule has 1 N–H and O–H groups in total. The molecule has 0 bridgehead atoms. The Morgan fingerprint density at radius 2 is 2.32 bits per heavy atom. The lowest BCUT2D eigenvalue weighted by atomic mass is 10.0.